The Kier molecular flexibility index (Phi) is 7.98. The van der Waals surface area contributed by atoms with Crippen LogP contribution in [0.3, 0.4) is 0 Å². The molecule has 8 N–H and O–H groups in total. The van der Waals surface area contributed by atoms with Gasteiger partial charge in [-0.05, 0) is 6.92 Å². The summed E-state index contributed by atoms with van der Waals surface area (Å²) in [5.74, 6) is -1.50. The Morgan fingerprint density at radius 3 is 1.40 bits per heavy atom. The van der Waals surface area contributed by atoms with E-state index in [1.807, 2.05) is 0 Å². The molecule has 0 bridgehead atoms. The van der Waals surface area contributed by atoms with Crippen LogP contribution in [0.15, 0.2) is 0 Å². The van der Waals surface area contributed by atoms with Crippen molar-refractivity contribution >= 4 is 28.8 Å². The molecular weight excluding hydrogens is 349 g/mol. The van der Waals surface area contributed by atoms with Crippen LogP contribution < -0.4 is 0 Å². The van der Waals surface area contributed by atoms with Gasteiger partial charge in [-0.1, -0.05) is 0 Å². The molecule has 20 heavy (non-hydrogen) atoms. The highest BCUT2D eigenvalue weighted by Crippen LogP contribution is 2.66. The van der Waals surface area contributed by atoms with Crippen LogP contribution in [0, 0.1) is 0 Å². The van der Waals surface area contributed by atoms with Crippen LogP contribution in [0.2, 0.25) is 0 Å². The van der Waals surface area contributed by atoms with Crippen molar-refractivity contribution in [3.63, 3.8) is 0 Å². The number of hydrogen-bond donors (Lipinski definition) is 8. The normalized spacial score (nSPS) is 15.8. The molecule has 0 aliphatic heterocycles. The zero-order valence-electron chi connectivity index (χ0n) is 9.67. The van der Waals surface area contributed by atoms with Gasteiger partial charge in [0.2, 0.25) is 0 Å². The summed E-state index contributed by atoms with van der Waals surface area (Å²) < 4.78 is 33.6. The van der Waals surface area contributed by atoms with Crippen LogP contribution in [-0.4, -0.2) is 57.2 Å². The van der Waals surface area contributed by atoms with Gasteiger partial charge < -0.3 is 34.7 Å². The Labute approximate surface area is 111 Å². The molecule has 0 saturated heterocycles. The summed E-state index contributed by atoms with van der Waals surface area (Å²) in [5, 5.41) is 20.8. The molecule has 0 rings (SSSR count). The van der Waals surface area contributed by atoms with Gasteiger partial charge in [0.25, 0.3) is 5.08 Å². The summed E-state index contributed by atoms with van der Waals surface area (Å²) in [6, 6.07) is 0. The monoisotopic (exact) mass is 362 g/mol. The molecule has 0 aliphatic carbocycles. The zero-order chi connectivity index (χ0) is 17.0. The van der Waals surface area contributed by atoms with Gasteiger partial charge in [0.15, 0.2) is 0 Å². The molecule has 0 aromatic heterocycles. The van der Waals surface area contributed by atoms with E-state index in [4.69, 9.17) is 39.9 Å². The van der Waals surface area contributed by atoms with Crippen molar-refractivity contribution in [2.45, 2.75) is 12.0 Å². The van der Waals surface area contributed by atoms with Crippen LogP contribution in [0.4, 0.5) is 0 Å². The summed E-state index contributed by atoms with van der Waals surface area (Å²) in [5.41, 5.74) is 0. The van der Waals surface area contributed by atoms with Crippen molar-refractivity contribution in [3.05, 3.63) is 0 Å². The first-order chi connectivity index (χ1) is 8.48. The van der Waals surface area contributed by atoms with Gasteiger partial charge in [-0.15, -0.1) is 0 Å². The number of aliphatic hydroxyl groups is 1. The summed E-state index contributed by atoms with van der Waals surface area (Å²) >= 11 is 0. The molecule has 0 amide bonds. The van der Waals surface area contributed by atoms with Crippen molar-refractivity contribution in [1.29, 1.82) is 0 Å². The summed E-state index contributed by atoms with van der Waals surface area (Å²) in [6.45, 7) is 0.383. The van der Waals surface area contributed by atoms with Crippen molar-refractivity contribution < 1.29 is 63.1 Å². The lowest BCUT2D eigenvalue weighted by Gasteiger charge is -2.24. The average molecular weight is 362 g/mol. The zero-order valence-corrected chi connectivity index (χ0v) is 12.4. The van der Waals surface area contributed by atoms with Crippen molar-refractivity contribution in [2.24, 2.45) is 0 Å². The third-order valence-corrected chi connectivity index (χ3v) is 6.26. The maximum atomic E-state index is 10.3. The van der Waals surface area contributed by atoms with E-state index >= 15 is 0 Å². The molecule has 1 atom stereocenters. The van der Waals surface area contributed by atoms with Crippen molar-refractivity contribution in [3.8, 4) is 0 Å². The van der Waals surface area contributed by atoms with E-state index in [-0.39, 0.29) is 0 Å². The number of aliphatic carboxylic acids is 1. The van der Waals surface area contributed by atoms with Crippen LogP contribution in [0.5, 0.6) is 0 Å². The van der Waals surface area contributed by atoms with E-state index in [0.29, 0.717) is 6.92 Å². The molecule has 0 spiro atoms. The fourth-order valence-electron chi connectivity index (χ4n) is 0.369. The molecule has 0 heterocycles. The Morgan fingerprint density at radius 1 is 1.05 bits per heavy atom. The van der Waals surface area contributed by atoms with E-state index in [1.165, 1.54) is 0 Å². The highest BCUT2D eigenvalue weighted by Gasteiger charge is 2.55. The second-order valence-electron chi connectivity index (χ2n) is 3.33. The number of rotatable bonds is 5. The molecule has 0 fully saturated rings. The van der Waals surface area contributed by atoms with E-state index in [9.17, 15) is 18.5 Å². The molecule has 0 aromatic rings. The molecule has 122 valence electrons. The fraction of sp³-hybridized carbons (Fsp3) is 0.750. The fourth-order valence-corrected chi connectivity index (χ4v) is 2.13. The summed E-state index contributed by atoms with van der Waals surface area (Å²) in [4.78, 5) is 50.8. The molecule has 0 radical (unpaired) electrons. The predicted molar refractivity (Wildman–Crippen MR) is 60.8 cm³/mol. The number of hydrogen-bond acceptors (Lipinski definition) is 7. The first-order valence-corrected chi connectivity index (χ1v) is 9.17. The molecular formula is C4H13O13P3. The van der Waals surface area contributed by atoms with Crippen LogP contribution >= 0.6 is 22.8 Å². The smallest absolute Gasteiger partial charge is 0.369 e. The predicted octanol–water partition coefficient (Wildman–Crippen LogP) is -1.25. The maximum Gasteiger partial charge on any atom is 0.369 e. The summed E-state index contributed by atoms with van der Waals surface area (Å²) in [6.07, 6.45) is -1.09. The van der Waals surface area contributed by atoms with Gasteiger partial charge in [0.1, 0.15) is 6.16 Å². The van der Waals surface area contributed by atoms with Gasteiger partial charge in [-0.3, -0.25) is 18.5 Å². The topological polar surface area (TPSA) is 239 Å². The van der Waals surface area contributed by atoms with Crippen molar-refractivity contribution in [2.75, 3.05) is 6.16 Å². The standard InChI is InChI=1S/C2H8O7P2.C2H5O6P/c1-2(3,10(4,5)6)11(7,8)9;3-2(4)1-9(6,7)8-5/h3H,1H3,(H2,4,5,6)(H2,7,8,9);5H,1H2,(H,3,4)(H,6,7). The molecule has 0 aliphatic rings. The van der Waals surface area contributed by atoms with Gasteiger partial charge in [0, 0.05) is 0 Å². The number of carboxylic acids is 1. The molecule has 1 unspecified atom stereocenters. The summed E-state index contributed by atoms with van der Waals surface area (Å²) in [7, 11) is -14.7. The Morgan fingerprint density at radius 2 is 1.35 bits per heavy atom. The van der Waals surface area contributed by atoms with Crippen molar-refractivity contribution in [1.82, 2.24) is 0 Å². The Balaban J connectivity index is 0. The third-order valence-electron chi connectivity index (χ3n) is 1.57. The lowest BCUT2D eigenvalue weighted by Crippen LogP contribution is -2.23. The van der Waals surface area contributed by atoms with Crippen LogP contribution in [-0.2, 0) is 23.2 Å². The Hall–Kier alpha value is -0.160. The van der Waals surface area contributed by atoms with E-state index < -0.39 is 40.0 Å². The van der Waals surface area contributed by atoms with Gasteiger partial charge in [0.05, 0.1) is 0 Å². The quantitative estimate of drug-likeness (QED) is 0.162. The van der Waals surface area contributed by atoms with Gasteiger partial charge in [-0.25, -0.2) is 5.26 Å². The number of carboxylic acid groups (broad SMARTS) is 1. The average Bonchev–Trinajstić information content (AvgIpc) is 2.13. The first-order valence-electron chi connectivity index (χ1n) is 4.18. The van der Waals surface area contributed by atoms with Gasteiger partial charge >= 0.3 is 28.8 Å². The second-order valence-corrected chi connectivity index (χ2v) is 9.35. The largest absolute Gasteiger partial charge is 0.481 e. The minimum atomic E-state index is -5.20. The minimum absolute atomic E-state index is 0.383. The van der Waals surface area contributed by atoms with Crippen LogP contribution in [0.1, 0.15) is 6.92 Å². The molecule has 16 heteroatoms. The highest BCUT2D eigenvalue weighted by atomic mass is 31.2. The SMILES string of the molecule is CC(O)(P(=O)(O)O)P(=O)(O)O.O=C(O)CP(=O)(O)OO. The lowest BCUT2D eigenvalue weighted by molar-refractivity contribution is -0.149. The number of carbonyl (C=O) groups is 1. The van der Waals surface area contributed by atoms with Gasteiger partial charge in [-0.2, -0.15) is 4.67 Å². The first kappa shape index (κ1) is 22.1. The lowest BCUT2D eigenvalue weighted by atomic mass is 10.8. The maximum absolute atomic E-state index is 10.3. The second kappa shape index (κ2) is 7.21. The highest BCUT2D eigenvalue weighted by molar-refractivity contribution is 7.71. The van der Waals surface area contributed by atoms with E-state index in [2.05, 4.69) is 4.67 Å². The molecule has 13 nitrogen and oxygen atoms in total. The Bertz CT molecular complexity index is 444. The third kappa shape index (κ3) is 7.58. The van der Waals surface area contributed by atoms with Crippen LogP contribution in [0.25, 0.3) is 0 Å². The minimum Gasteiger partial charge on any atom is -0.481 e. The molecule has 0 saturated carbocycles. The van der Waals surface area contributed by atoms with E-state index in [1.54, 1.807) is 0 Å². The van der Waals surface area contributed by atoms with E-state index in [0.717, 1.165) is 0 Å². The molecule has 0 aromatic carbocycles.